The molecule has 1 fully saturated rings. The van der Waals surface area contributed by atoms with Crippen LogP contribution in [0, 0.1) is 5.92 Å². The van der Waals surface area contributed by atoms with Crippen molar-refractivity contribution in [3.63, 3.8) is 0 Å². The highest BCUT2D eigenvalue weighted by atomic mass is 79.9. The highest BCUT2D eigenvalue weighted by Crippen LogP contribution is 2.50. The molecule has 0 aromatic carbocycles. The first kappa shape index (κ1) is 21.1. The van der Waals surface area contributed by atoms with Gasteiger partial charge in [0.05, 0.1) is 5.92 Å². The van der Waals surface area contributed by atoms with Gasteiger partial charge in [0.25, 0.3) is 11.6 Å². The topological polar surface area (TPSA) is 88.5 Å². The van der Waals surface area contributed by atoms with E-state index in [0.717, 1.165) is 0 Å². The van der Waals surface area contributed by atoms with Crippen LogP contribution in [0.1, 0.15) is 12.8 Å². The van der Waals surface area contributed by atoms with Crippen molar-refractivity contribution in [3.05, 3.63) is 0 Å². The molecule has 1 unspecified atom stereocenters. The number of rotatable bonds is 3. The number of hydrogen-bond acceptors (Lipinski definition) is 4. The molecular weight excluding hydrogens is 486 g/mol. The Hall–Kier alpha value is -0.980. The van der Waals surface area contributed by atoms with E-state index in [1.807, 2.05) is 0 Å². The fourth-order valence-corrected chi connectivity index (χ4v) is 4.44. The minimum atomic E-state index is -5.64. The SMILES string of the molecule is O=C(O)C1C[C@@](Br)(C(=O)C(F)(F)F)C(=O)[C@@](Br)(C(=O)C(F)(F)F)C1. The Labute approximate surface area is 146 Å². The average molecular weight is 492 g/mol. The van der Waals surface area contributed by atoms with Crippen LogP contribution in [0.25, 0.3) is 0 Å². The van der Waals surface area contributed by atoms with Gasteiger partial charge in [-0.2, -0.15) is 26.3 Å². The molecule has 0 bridgehead atoms. The Bertz CT molecular complexity index is 571. The molecule has 0 radical (unpaired) electrons. The van der Waals surface area contributed by atoms with Gasteiger partial charge in [-0.15, -0.1) is 0 Å². The molecule has 3 atom stereocenters. The van der Waals surface area contributed by atoms with Crippen molar-refractivity contribution in [2.45, 2.75) is 33.8 Å². The van der Waals surface area contributed by atoms with Crippen LogP contribution >= 0.6 is 31.9 Å². The third-order valence-electron chi connectivity index (χ3n) is 3.36. The summed E-state index contributed by atoms with van der Waals surface area (Å²) in [6.45, 7) is 0. The predicted octanol–water partition coefficient (Wildman–Crippen LogP) is 2.58. The number of halogens is 8. The summed E-state index contributed by atoms with van der Waals surface area (Å²) in [6.07, 6.45) is -13.8. The lowest BCUT2D eigenvalue weighted by Crippen LogP contribution is -2.64. The second-order valence-electron chi connectivity index (χ2n) is 5.03. The third-order valence-corrected chi connectivity index (χ3v) is 5.45. The Kier molecular flexibility index (Phi) is 5.33. The molecular formula is C11H6Br2F6O5. The quantitative estimate of drug-likeness (QED) is 0.372. The van der Waals surface area contributed by atoms with Crippen molar-refractivity contribution in [2.75, 3.05) is 0 Å². The minimum Gasteiger partial charge on any atom is -0.481 e. The summed E-state index contributed by atoms with van der Waals surface area (Å²) in [4.78, 5) is 46.2. The fraction of sp³-hybridized carbons (Fsp3) is 0.636. The molecule has 0 aromatic rings. The number of hydrogen-bond donors (Lipinski definition) is 1. The monoisotopic (exact) mass is 490 g/mol. The predicted molar refractivity (Wildman–Crippen MR) is 70.8 cm³/mol. The molecule has 0 amide bonds. The van der Waals surface area contributed by atoms with Gasteiger partial charge >= 0.3 is 18.3 Å². The second-order valence-corrected chi connectivity index (χ2v) is 7.74. The van der Waals surface area contributed by atoms with Crippen LogP contribution in [0.3, 0.4) is 0 Å². The van der Waals surface area contributed by atoms with E-state index >= 15 is 0 Å². The first-order valence-corrected chi connectivity index (χ1v) is 7.45. The second kappa shape index (κ2) is 6.07. The van der Waals surface area contributed by atoms with Crippen molar-refractivity contribution in [3.8, 4) is 0 Å². The fourth-order valence-electron chi connectivity index (χ4n) is 2.27. The Balaban J connectivity index is 3.54. The molecule has 0 aromatic heterocycles. The van der Waals surface area contributed by atoms with Gasteiger partial charge in [-0.25, -0.2) is 0 Å². The van der Waals surface area contributed by atoms with Crippen molar-refractivity contribution in [1.82, 2.24) is 0 Å². The summed E-state index contributed by atoms with van der Waals surface area (Å²) in [7, 11) is 0. The summed E-state index contributed by atoms with van der Waals surface area (Å²) < 4.78 is 69.3. The number of carbonyl (C=O) groups is 4. The molecule has 0 spiro atoms. The summed E-state index contributed by atoms with van der Waals surface area (Å²) in [6, 6.07) is 0. The number of Topliss-reactive ketones (excluding diaryl/α,β-unsaturated/α-hetero) is 3. The molecule has 1 aliphatic carbocycles. The maximum absolute atomic E-state index is 12.7. The van der Waals surface area contributed by atoms with Gasteiger partial charge in [-0.05, 0) is 12.8 Å². The molecule has 0 heterocycles. The maximum atomic E-state index is 12.7. The molecule has 5 nitrogen and oxygen atoms in total. The number of alkyl halides is 8. The zero-order valence-corrected chi connectivity index (χ0v) is 14.3. The van der Waals surface area contributed by atoms with E-state index in [2.05, 4.69) is 31.9 Å². The molecule has 13 heteroatoms. The minimum absolute atomic E-state index is 1.25. The lowest BCUT2D eigenvalue weighted by molar-refractivity contribution is -0.181. The van der Waals surface area contributed by atoms with Crippen LogP contribution in [0.2, 0.25) is 0 Å². The number of ketones is 3. The zero-order chi connectivity index (χ0) is 19.3. The van der Waals surface area contributed by atoms with Crippen molar-refractivity contribution in [1.29, 1.82) is 0 Å². The smallest absolute Gasteiger partial charge is 0.451 e. The molecule has 1 saturated carbocycles. The highest BCUT2D eigenvalue weighted by molar-refractivity contribution is 9.11. The maximum Gasteiger partial charge on any atom is 0.451 e. The summed E-state index contributed by atoms with van der Waals surface area (Å²) in [5.74, 6) is -11.5. The van der Waals surface area contributed by atoms with E-state index in [1.165, 1.54) is 0 Å². The first-order chi connectivity index (χ1) is 10.5. The number of carboxylic acid groups (broad SMARTS) is 1. The van der Waals surface area contributed by atoms with Crippen LogP contribution in [0.4, 0.5) is 26.3 Å². The van der Waals surface area contributed by atoms with Crippen molar-refractivity contribution >= 4 is 55.2 Å². The Morgan fingerprint density at radius 2 is 1.21 bits per heavy atom. The lowest BCUT2D eigenvalue weighted by Gasteiger charge is -2.41. The number of aliphatic carboxylic acids is 1. The zero-order valence-electron chi connectivity index (χ0n) is 11.1. The van der Waals surface area contributed by atoms with E-state index in [4.69, 9.17) is 5.11 Å². The van der Waals surface area contributed by atoms with Gasteiger partial charge < -0.3 is 5.11 Å². The van der Waals surface area contributed by atoms with Gasteiger partial charge in [0, 0.05) is 0 Å². The van der Waals surface area contributed by atoms with E-state index < -0.39 is 63.1 Å². The van der Waals surface area contributed by atoms with Crippen molar-refractivity contribution < 1.29 is 50.6 Å². The third kappa shape index (κ3) is 3.51. The van der Waals surface area contributed by atoms with Gasteiger partial charge in [0.2, 0.25) is 0 Å². The van der Waals surface area contributed by atoms with Crippen LogP contribution in [0.5, 0.6) is 0 Å². The molecule has 1 N–H and O–H groups in total. The van der Waals surface area contributed by atoms with Crippen LogP contribution in [-0.4, -0.2) is 49.4 Å². The normalized spacial score (nSPS) is 31.7. The molecule has 136 valence electrons. The standard InChI is InChI=1S/C11H6Br2F6O5/c12-8(6(23)10(14,15)16)1-3(4(20)21)2-9(13,5(8)22)7(24)11(17,18)19/h3H,1-2H2,(H,20,21)/t3?,8-,9+. The summed E-state index contributed by atoms with van der Waals surface area (Å²) >= 11 is 4.30. The molecule has 0 aliphatic heterocycles. The van der Waals surface area contributed by atoms with E-state index in [9.17, 15) is 45.5 Å². The molecule has 0 saturated heterocycles. The van der Waals surface area contributed by atoms with Crippen LogP contribution in [-0.2, 0) is 19.2 Å². The largest absolute Gasteiger partial charge is 0.481 e. The van der Waals surface area contributed by atoms with Crippen LogP contribution in [0.15, 0.2) is 0 Å². The van der Waals surface area contributed by atoms with Crippen LogP contribution < -0.4 is 0 Å². The summed E-state index contributed by atoms with van der Waals surface area (Å²) in [5, 5.41) is 8.92. The highest BCUT2D eigenvalue weighted by Gasteiger charge is 2.69. The average Bonchev–Trinajstić information content (AvgIpc) is 2.40. The first-order valence-electron chi connectivity index (χ1n) is 5.86. The Morgan fingerprint density at radius 3 is 1.42 bits per heavy atom. The van der Waals surface area contributed by atoms with Gasteiger partial charge in [-0.3, -0.25) is 19.2 Å². The molecule has 1 rings (SSSR count). The van der Waals surface area contributed by atoms with E-state index in [1.54, 1.807) is 0 Å². The summed E-state index contributed by atoms with van der Waals surface area (Å²) in [5.41, 5.74) is 0. The van der Waals surface area contributed by atoms with Gasteiger partial charge in [0.15, 0.2) is 14.4 Å². The Morgan fingerprint density at radius 1 is 0.917 bits per heavy atom. The van der Waals surface area contributed by atoms with Crippen molar-refractivity contribution in [2.24, 2.45) is 5.92 Å². The van der Waals surface area contributed by atoms with Gasteiger partial charge in [0.1, 0.15) is 0 Å². The van der Waals surface area contributed by atoms with Gasteiger partial charge in [-0.1, -0.05) is 31.9 Å². The lowest BCUT2D eigenvalue weighted by atomic mass is 9.70. The number of carboxylic acids is 1. The number of carbonyl (C=O) groups excluding carboxylic acids is 3. The van der Waals surface area contributed by atoms with E-state index in [-0.39, 0.29) is 0 Å². The molecule has 1 aliphatic rings. The molecule has 24 heavy (non-hydrogen) atoms. The van der Waals surface area contributed by atoms with E-state index in [0.29, 0.717) is 0 Å².